The van der Waals surface area contributed by atoms with Crippen LogP contribution in [0.4, 0.5) is 17.6 Å². The van der Waals surface area contributed by atoms with Crippen molar-refractivity contribution in [3.8, 4) is 0 Å². The van der Waals surface area contributed by atoms with E-state index in [2.05, 4.69) is 0 Å². The molecule has 8 heteroatoms. The molecule has 1 aromatic carbocycles. The number of carbonyl (C=O) groups excluding carboxylic acids is 1. The predicted octanol–water partition coefficient (Wildman–Crippen LogP) is 2.98. The van der Waals surface area contributed by atoms with Crippen LogP contribution >= 0.6 is 12.2 Å². The average Bonchev–Trinajstić information content (AvgIpc) is 2.35. The highest BCUT2D eigenvalue weighted by molar-refractivity contribution is 7.80. The Bertz CT molecular complexity index is 560. The molecule has 0 fully saturated rings. The van der Waals surface area contributed by atoms with Crippen molar-refractivity contribution < 1.29 is 22.4 Å². The summed E-state index contributed by atoms with van der Waals surface area (Å²) < 4.78 is 51.1. The molecule has 0 aliphatic carbocycles. The lowest BCUT2D eigenvalue weighted by atomic mass is 10.1. The molecule has 2 N–H and O–H groups in total. The van der Waals surface area contributed by atoms with Crippen molar-refractivity contribution in [3.63, 3.8) is 0 Å². The van der Waals surface area contributed by atoms with Crippen molar-refractivity contribution in [2.45, 2.75) is 25.6 Å². The van der Waals surface area contributed by atoms with E-state index >= 15 is 0 Å². The summed E-state index contributed by atoms with van der Waals surface area (Å²) in [5.41, 5.74) is 3.65. The molecule has 1 atom stereocenters. The highest BCUT2D eigenvalue weighted by atomic mass is 32.1. The van der Waals surface area contributed by atoms with Crippen LogP contribution in [0, 0.1) is 5.82 Å². The number of benzene rings is 1. The van der Waals surface area contributed by atoms with Gasteiger partial charge in [-0.1, -0.05) is 12.2 Å². The van der Waals surface area contributed by atoms with E-state index in [0.29, 0.717) is 12.1 Å². The molecule has 1 amide bonds. The first kappa shape index (κ1) is 17.4. The fourth-order valence-electron chi connectivity index (χ4n) is 1.71. The second-order valence-corrected chi connectivity index (χ2v) is 5.15. The third kappa shape index (κ3) is 4.38. The number of hydrogen-bond acceptors (Lipinski definition) is 2. The van der Waals surface area contributed by atoms with Gasteiger partial charge >= 0.3 is 6.18 Å². The second kappa shape index (κ2) is 6.38. The molecule has 1 unspecified atom stereocenters. The Morgan fingerprint density at radius 3 is 2.48 bits per heavy atom. The summed E-state index contributed by atoms with van der Waals surface area (Å²) in [6.07, 6.45) is -4.62. The highest BCUT2D eigenvalue weighted by Crippen LogP contribution is 2.32. The van der Waals surface area contributed by atoms with Crippen LogP contribution in [0.2, 0.25) is 0 Å². The van der Waals surface area contributed by atoms with Gasteiger partial charge in [0.1, 0.15) is 5.82 Å². The van der Waals surface area contributed by atoms with Crippen molar-refractivity contribution in [1.82, 2.24) is 4.90 Å². The van der Waals surface area contributed by atoms with E-state index in [9.17, 15) is 22.4 Å². The van der Waals surface area contributed by atoms with E-state index in [1.165, 1.54) is 11.9 Å². The average molecular weight is 322 g/mol. The molecular weight excluding hydrogens is 308 g/mol. The molecule has 3 nitrogen and oxygen atoms in total. The van der Waals surface area contributed by atoms with Crippen LogP contribution in [0.3, 0.4) is 0 Å². The summed E-state index contributed by atoms with van der Waals surface area (Å²) in [5.74, 6) is -2.08. The molecule has 0 aliphatic heterocycles. The molecule has 1 rings (SSSR count). The van der Waals surface area contributed by atoms with Crippen molar-refractivity contribution >= 4 is 23.1 Å². The number of carbonyl (C=O) groups is 1. The van der Waals surface area contributed by atoms with E-state index in [1.54, 1.807) is 6.92 Å². The van der Waals surface area contributed by atoms with Gasteiger partial charge < -0.3 is 10.6 Å². The molecule has 0 bridgehead atoms. The molecule has 0 heterocycles. The Morgan fingerprint density at radius 2 is 2.00 bits per heavy atom. The summed E-state index contributed by atoms with van der Waals surface area (Å²) in [6.45, 7) is 1.66. The molecule has 116 valence electrons. The van der Waals surface area contributed by atoms with E-state index in [4.69, 9.17) is 18.0 Å². The molecule has 0 saturated carbocycles. The van der Waals surface area contributed by atoms with Gasteiger partial charge in [0.05, 0.1) is 10.6 Å². The summed E-state index contributed by atoms with van der Waals surface area (Å²) in [6, 6.07) is 1.76. The van der Waals surface area contributed by atoms with E-state index in [-0.39, 0.29) is 23.0 Å². The van der Waals surface area contributed by atoms with Gasteiger partial charge in [0.2, 0.25) is 0 Å². The summed E-state index contributed by atoms with van der Waals surface area (Å²) in [7, 11) is 1.42. The molecule has 0 saturated heterocycles. The minimum Gasteiger partial charge on any atom is -0.393 e. The smallest absolute Gasteiger partial charge is 0.393 e. The Morgan fingerprint density at radius 1 is 1.43 bits per heavy atom. The first-order chi connectivity index (χ1) is 9.54. The number of amides is 1. The molecule has 0 radical (unpaired) electrons. The van der Waals surface area contributed by atoms with Gasteiger partial charge in [0.15, 0.2) is 0 Å². The number of rotatable bonds is 4. The summed E-state index contributed by atoms with van der Waals surface area (Å²) >= 11 is 4.72. The normalized spacial score (nSPS) is 12.9. The van der Waals surface area contributed by atoms with Crippen molar-refractivity contribution in [1.29, 1.82) is 0 Å². The first-order valence-corrected chi connectivity index (χ1v) is 6.37. The van der Waals surface area contributed by atoms with Crippen molar-refractivity contribution in [2.75, 3.05) is 7.05 Å². The van der Waals surface area contributed by atoms with Crippen LogP contribution in [-0.4, -0.2) is 28.9 Å². The van der Waals surface area contributed by atoms with Gasteiger partial charge in [-0.2, -0.15) is 13.2 Å². The minimum atomic E-state index is -4.86. The lowest BCUT2D eigenvalue weighted by Gasteiger charge is -2.25. The molecule has 1 aromatic rings. The third-order valence-corrected chi connectivity index (χ3v) is 3.16. The number of thiocarbonyl (C=S) groups is 1. The third-order valence-electron chi connectivity index (χ3n) is 3.00. The molecule has 0 aliphatic rings. The number of hydrogen-bond donors (Lipinski definition) is 1. The highest BCUT2D eigenvalue weighted by Gasteiger charge is 2.35. The largest absolute Gasteiger partial charge is 0.419 e. The van der Waals surface area contributed by atoms with Gasteiger partial charge in [-0.05, 0) is 25.1 Å². The first-order valence-electron chi connectivity index (χ1n) is 5.96. The Kier molecular flexibility index (Phi) is 5.27. The van der Waals surface area contributed by atoms with Crippen LogP contribution in [0.25, 0.3) is 0 Å². The van der Waals surface area contributed by atoms with E-state index in [0.717, 1.165) is 6.07 Å². The summed E-state index contributed by atoms with van der Waals surface area (Å²) in [5, 5.41) is 0. The molecule has 21 heavy (non-hydrogen) atoms. The quantitative estimate of drug-likeness (QED) is 0.685. The van der Waals surface area contributed by atoms with Crippen molar-refractivity contribution in [2.24, 2.45) is 5.73 Å². The van der Waals surface area contributed by atoms with E-state index < -0.39 is 23.5 Å². The predicted molar refractivity (Wildman–Crippen MR) is 74.4 cm³/mol. The monoisotopic (exact) mass is 322 g/mol. The standard InChI is InChI=1S/C13H14F4N2OS/c1-7(5-11(18)21)19(2)12(20)8-3-4-10(14)9(6-8)13(15,16)17/h3-4,6-7H,5H2,1-2H3,(H2,18,21). The maximum atomic E-state index is 13.2. The maximum absolute atomic E-state index is 13.2. The molecular formula is C13H14F4N2OS. The Hall–Kier alpha value is -1.70. The van der Waals surface area contributed by atoms with Gasteiger partial charge in [0, 0.05) is 25.1 Å². The van der Waals surface area contributed by atoms with Crippen LogP contribution < -0.4 is 5.73 Å². The number of nitrogens with two attached hydrogens (primary N) is 1. The second-order valence-electron chi connectivity index (χ2n) is 4.63. The SMILES string of the molecule is CC(CC(N)=S)N(C)C(=O)c1ccc(F)c(C(F)(F)F)c1. The molecule has 0 aromatic heterocycles. The van der Waals surface area contributed by atoms with Gasteiger partial charge in [-0.25, -0.2) is 4.39 Å². The Labute approximate surface area is 124 Å². The van der Waals surface area contributed by atoms with Crippen LogP contribution in [-0.2, 0) is 6.18 Å². The topological polar surface area (TPSA) is 46.3 Å². The zero-order valence-electron chi connectivity index (χ0n) is 11.4. The van der Waals surface area contributed by atoms with E-state index in [1.807, 2.05) is 0 Å². The number of alkyl halides is 3. The number of nitrogens with zero attached hydrogens (tertiary/aromatic N) is 1. The lowest BCUT2D eigenvalue weighted by Crippen LogP contribution is -2.37. The van der Waals surface area contributed by atoms with Crippen LogP contribution in [0.15, 0.2) is 18.2 Å². The van der Waals surface area contributed by atoms with Crippen LogP contribution in [0.5, 0.6) is 0 Å². The Balaban J connectivity index is 3.06. The van der Waals surface area contributed by atoms with Gasteiger partial charge in [0.25, 0.3) is 5.91 Å². The summed E-state index contributed by atoms with van der Waals surface area (Å²) in [4.78, 5) is 13.5. The zero-order chi connectivity index (χ0) is 16.4. The van der Waals surface area contributed by atoms with Gasteiger partial charge in [-0.15, -0.1) is 0 Å². The lowest BCUT2D eigenvalue weighted by molar-refractivity contribution is -0.140. The van der Waals surface area contributed by atoms with Crippen molar-refractivity contribution in [3.05, 3.63) is 35.1 Å². The van der Waals surface area contributed by atoms with Crippen LogP contribution in [0.1, 0.15) is 29.3 Å². The minimum absolute atomic E-state index is 0.192. The number of halogens is 4. The fourth-order valence-corrected chi connectivity index (χ4v) is 1.95. The van der Waals surface area contributed by atoms with Gasteiger partial charge in [-0.3, -0.25) is 4.79 Å². The fraction of sp³-hybridized carbons (Fsp3) is 0.385. The zero-order valence-corrected chi connectivity index (χ0v) is 12.2. The maximum Gasteiger partial charge on any atom is 0.419 e. The molecule has 0 spiro atoms.